The van der Waals surface area contributed by atoms with Crippen molar-refractivity contribution in [3.63, 3.8) is 0 Å². The van der Waals surface area contributed by atoms with E-state index in [1.54, 1.807) is 11.7 Å². The molecule has 1 amide bonds. The van der Waals surface area contributed by atoms with Gasteiger partial charge in [0.2, 0.25) is 5.91 Å². The second-order valence-corrected chi connectivity index (χ2v) is 5.96. The molecule has 3 rings (SSSR count). The van der Waals surface area contributed by atoms with Crippen LogP contribution in [-0.2, 0) is 11.8 Å². The van der Waals surface area contributed by atoms with Crippen LogP contribution >= 0.6 is 0 Å². The number of benzene rings is 1. The zero-order valence-corrected chi connectivity index (χ0v) is 12.8. The van der Waals surface area contributed by atoms with Crippen LogP contribution in [0.2, 0.25) is 0 Å². The van der Waals surface area contributed by atoms with E-state index in [0.29, 0.717) is 18.2 Å². The third kappa shape index (κ3) is 3.50. The van der Waals surface area contributed by atoms with E-state index in [4.69, 9.17) is 0 Å². The number of anilines is 1. The third-order valence-corrected chi connectivity index (χ3v) is 4.22. The summed E-state index contributed by atoms with van der Waals surface area (Å²) in [6, 6.07) is 7.64. The predicted octanol–water partition coefficient (Wildman–Crippen LogP) is 2.79. The molecule has 1 heterocycles. The van der Waals surface area contributed by atoms with E-state index in [9.17, 15) is 4.79 Å². The van der Waals surface area contributed by atoms with Crippen LogP contribution in [0.1, 0.15) is 38.5 Å². The van der Waals surface area contributed by atoms with Gasteiger partial charge in [0.1, 0.15) is 0 Å². The average molecular weight is 299 g/mol. The van der Waals surface area contributed by atoms with Gasteiger partial charge in [0.15, 0.2) is 5.82 Å². The number of carbonyl (C=O) groups is 1. The number of rotatable bonds is 4. The second-order valence-electron chi connectivity index (χ2n) is 5.96. The first-order valence-electron chi connectivity index (χ1n) is 7.85. The summed E-state index contributed by atoms with van der Waals surface area (Å²) in [5, 5.41) is 14.5. The molecule has 1 N–H and O–H groups in total. The first-order valence-corrected chi connectivity index (χ1v) is 7.85. The molecule has 6 nitrogen and oxygen atoms in total. The maximum atomic E-state index is 12.2. The molecule has 2 aromatic rings. The van der Waals surface area contributed by atoms with Crippen LogP contribution in [0.25, 0.3) is 11.4 Å². The number of hydrogen-bond donors (Lipinski definition) is 1. The lowest BCUT2D eigenvalue weighted by molar-refractivity contribution is -0.117. The number of tetrazole rings is 1. The van der Waals surface area contributed by atoms with Gasteiger partial charge < -0.3 is 5.32 Å². The summed E-state index contributed by atoms with van der Waals surface area (Å²) in [6.07, 6.45) is 6.80. The van der Waals surface area contributed by atoms with Crippen molar-refractivity contribution >= 4 is 11.6 Å². The van der Waals surface area contributed by atoms with Gasteiger partial charge in [0.25, 0.3) is 0 Å². The molecule has 116 valence electrons. The summed E-state index contributed by atoms with van der Waals surface area (Å²) in [6.45, 7) is 0. The Balaban J connectivity index is 1.65. The molecule has 0 bridgehead atoms. The highest BCUT2D eigenvalue weighted by molar-refractivity contribution is 5.91. The van der Waals surface area contributed by atoms with E-state index >= 15 is 0 Å². The fourth-order valence-electron chi connectivity index (χ4n) is 3.08. The SMILES string of the molecule is Cn1nnnc1-c1cccc(NC(=O)CC2CCCCC2)c1. The predicted molar refractivity (Wildman–Crippen MR) is 84.1 cm³/mol. The monoisotopic (exact) mass is 299 g/mol. The second kappa shape index (κ2) is 6.68. The Labute approximate surface area is 129 Å². The lowest BCUT2D eigenvalue weighted by Gasteiger charge is -2.20. The Morgan fingerprint density at radius 2 is 2.14 bits per heavy atom. The lowest BCUT2D eigenvalue weighted by Crippen LogP contribution is -2.18. The zero-order chi connectivity index (χ0) is 15.4. The van der Waals surface area contributed by atoms with E-state index in [1.165, 1.54) is 32.1 Å². The number of amides is 1. The van der Waals surface area contributed by atoms with Crippen molar-refractivity contribution in [2.24, 2.45) is 13.0 Å². The minimum Gasteiger partial charge on any atom is -0.326 e. The molecule has 0 atom stereocenters. The number of aromatic nitrogens is 4. The molecule has 0 spiro atoms. The summed E-state index contributed by atoms with van der Waals surface area (Å²) in [4.78, 5) is 12.2. The van der Waals surface area contributed by atoms with E-state index in [0.717, 1.165) is 11.3 Å². The normalized spacial score (nSPS) is 15.7. The Kier molecular flexibility index (Phi) is 4.46. The van der Waals surface area contributed by atoms with Crippen LogP contribution in [0.5, 0.6) is 0 Å². The summed E-state index contributed by atoms with van der Waals surface area (Å²) < 4.78 is 1.61. The van der Waals surface area contributed by atoms with E-state index in [1.807, 2.05) is 24.3 Å². The Bertz CT molecular complexity index is 645. The number of hydrogen-bond acceptors (Lipinski definition) is 4. The molecule has 22 heavy (non-hydrogen) atoms. The number of nitrogens with one attached hydrogen (secondary N) is 1. The van der Waals surface area contributed by atoms with Gasteiger partial charge in [0.05, 0.1) is 0 Å². The van der Waals surface area contributed by atoms with Crippen molar-refractivity contribution in [2.75, 3.05) is 5.32 Å². The standard InChI is InChI=1S/C16H21N5O/c1-21-16(18-19-20-21)13-8-5-9-14(11-13)17-15(22)10-12-6-3-2-4-7-12/h5,8-9,11-12H,2-4,6-7,10H2,1H3,(H,17,22). The van der Waals surface area contributed by atoms with Crippen molar-refractivity contribution in [3.8, 4) is 11.4 Å². The Morgan fingerprint density at radius 1 is 1.32 bits per heavy atom. The zero-order valence-electron chi connectivity index (χ0n) is 12.8. The van der Waals surface area contributed by atoms with Gasteiger partial charge in [0, 0.05) is 24.7 Å². The van der Waals surface area contributed by atoms with Gasteiger partial charge in [-0.15, -0.1) is 5.10 Å². The molecule has 1 fully saturated rings. The molecule has 0 saturated heterocycles. The highest BCUT2D eigenvalue weighted by atomic mass is 16.1. The fraction of sp³-hybridized carbons (Fsp3) is 0.500. The van der Waals surface area contributed by atoms with E-state index in [-0.39, 0.29) is 5.91 Å². The van der Waals surface area contributed by atoms with Gasteiger partial charge in [-0.25, -0.2) is 4.68 Å². The number of nitrogens with zero attached hydrogens (tertiary/aromatic N) is 4. The Hall–Kier alpha value is -2.24. The molecule has 0 unspecified atom stereocenters. The van der Waals surface area contributed by atoms with E-state index < -0.39 is 0 Å². The van der Waals surface area contributed by atoms with Crippen molar-refractivity contribution in [1.82, 2.24) is 20.2 Å². The first-order chi connectivity index (χ1) is 10.7. The van der Waals surface area contributed by atoms with Gasteiger partial charge in [-0.2, -0.15) is 0 Å². The average Bonchev–Trinajstić information content (AvgIpc) is 2.94. The molecule has 0 aliphatic heterocycles. The van der Waals surface area contributed by atoms with Crippen LogP contribution in [-0.4, -0.2) is 26.1 Å². The van der Waals surface area contributed by atoms with Crippen LogP contribution in [0.3, 0.4) is 0 Å². The maximum absolute atomic E-state index is 12.2. The van der Waals surface area contributed by atoms with Gasteiger partial charge >= 0.3 is 0 Å². The highest BCUT2D eigenvalue weighted by Gasteiger charge is 2.17. The first kappa shape index (κ1) is 14.7. The minimum atomic E-state index is 0.0974. The minimum absolute atomic E-state index is 0.0974. The summed E-state index contributed by atoms with van der Waals surface area (Å²) in [7, 11) is 1.80. The summed E-state index contributed by atoms with van der Waals surface area (Å²) in [5.41, 5.74) is 1.68. The maximum Gasteiger partial charge on any atom is 0.224 e. The molecule has 1 aromatic carbocycles. The lowest BCUT2D eigenvalue weighted by atomic mass is 9.87. The fourth-order valence-corrected chi connectivity index (χ4v) is 3.08. The molecule has 1 aromatic heterocycles. The van der Waals surface area contributed by atoms with Crippen LogP contribution in [0.4, 0.5) is 5.69 Å². The van der Waals surface area contributed by atoms with Gasteiger partial charge in [-0.1, -0.05) is 31.4 Å². The molecule has 1 aliphatic rings. The summed E-state index contributed by atoms with van der Waals surface area (Å²) >= 11 is 0. The van der Waals surface area contributed by atoms with Crippen LogP contribution in [0.15, 0.2) is 24.3 Å². The van der Waals surface area contributed by atoms with Gasteiger partial charge in [-0.3, -0.25) is 4.79 Å². The largest absolute Gasteiger partial charge is 0.326 e. The smallest absolute Gasteiger partial charge is 0.224 e. The van der Waals surface area contributed by atoms with E-state index in [2.05, 4.69) is 20.8 Å². The van der Waals surface area contributed by atoms with Crippen molar-refractivity contribution in [2.45, 2.75) is 38.5 Å². The quantitative estimate of drug-likeness (QED) is 0.942. The van der Waals surface area contributed by atoms with Crippen LogP contribution in [0, 0.1) is 5.92 Å². The molecule has 0 radical (unpaired) electrons. The highest BCUT2D eigenvalue weighted by Crippen LogP contribution is 2.27. The molecule has 1 saturated carbocycles. The van der Waals surface area contributed by atoms with Crippen molar-refractivity contribution < 1.29 is 4.79 Å². The molecular formula is C16H21N5O. The van der Waals surface area contributed by atoms with Crippen LogP contribution < -0.4 is 5.32 Å². The topological polar surface area (TPSA) is 72.7 Å². The number of carbonyl (C=O) groups excluding carboxylic acids is 1. The summed E-state index contributed by atoms with van der Waals surface area (Å²) in [5.74, 6) is 1.32. The molecule has 1 aliphatic carbocycles. The molecule has 6 heteroatoms. The Morgan fingerprint density at radius 3 is 2.86 bits per heavy atom. The van der Waals surface area contributed by atoms with Crippen molar-refractivity contribution in [1.29, 1.82) is 0 Å². The third-order valence-electron chi connectivity index (χ3n) is 4.22. The molecular weight excluding hydrogens is 278 g/mol. The van der Waals surface area contributed by atoms with Gasteiger partial charge in [-0.05, 0) is 41.3 Å². The number of aryl methyl sites for hydroxylation is 1. The van der Waals surface area contributed by atoms with Crippen molar-refractivity contribution in [3.05, 3.63) is 24.3 Å².